The van der Waals surface area contributed by atoms with Crippen LogP contribution in [0.25, 0.3) is 11.3 Å². The van der Waals surface area contributed by atoms with Gasteiger partial charge in [-0.3, -0.25) is 0 Å². The third-order valence-electron chi connectivity index (χ3n) is 3.75. The highest BCUT2D eigenvalue weighted by Gasteiger charge is 2.11. The van der Waals surface area contributed by atoms with E-state index in [1.54, 1.807) is 12.1 Å². The summed E-state index contributed by atoms with van der Waals surface area (Å²) in [5, 5.41) is 19.9. The van der Waals surface area contributed by atoms with E-state index in [-0.39, 0.29) is 5.82 Å². The lowest BCUT2D eigenvalue weighted by Crippen LogP contribution is -2.09. The highest BCUT2D eigenvalue weighted by molar-refractivity contribution is 5.59. The summed E-state index contributed by atoms with van der Waals surface area (Å²) in [6.45, 7) is 4.68. The van der Waals surface area contributed by atoms with E-state index in [9.17, 15) is 4.39 Å². The van der Waals surface area contributed by atoms with Crippen LogP contribution in [0, 0.1) is 5.82 Å². The van der Waals surface area contributed by atoms with Crippen molar-refractivity contribution in [2.75, 3.05) is 5.32 Å². The Kier molecular flexibility index (Phi) is 4.50. The Morgan fingerprint density at radius 1 is 1.00 bits per heavy atom. The number of nitrogens with zero attached hydrogens (tertiary/aromatic N) is 5. The first-order chi connectivity index (χ1) is 11.5. The van der Waals surface area contributed by atoms with Crippen LogP contribution in [0.1, 0.15) is 31.4 Å². The molecular formula is C17H19FN6. The predicted octanol–water partition coefficient (Wildman–Crippen LogP) is 3.15. The molecule has 124 valence electrons. The van der Waals surface area contributed by atoms with Gasteiger partial charge >= 0.3 is 0 Å². The van der Waals surface area contributed by atoms with Crippen molar-refractivity contribution in [3.05, 3.63) is 53.9 Å². The number of rotatable bonds is 5. The van der Waals surface area contributed by atoms with Gasteiger partial charge in [-0.05, 0) is 36.4 Å². The lowest BCUT2D eigenvalue weighted by atomic mass is 10.1. The third kappa shape index (κ3) is 3.40. The summed E-state index contributed by atoms with van der Waals surface area (Å²) in [6.07, 6.45) is 0. The van der Waals surface area contributed by atoms with Crippen LogP contribution >= 0.6 is 0 Å². The summed E-state index contributed by atoms with van der Waals surface area (Å²) < 4.78 is 14.9. The zero-order valence-electron chi connectivity index (χ0n) is 13.9. The molecule has 1 aromatic carbocycles. The van der Waals surface area contributed by atoms with Gasteiger partial charge in [0.15, 0.2) is 5.82 Å². The molecule has 6 nitrogen and oxygen atoms in total. The van der Waals surface area contributed by atoms with Crippen molar-refractivity contribution in [1.29, 1.82) is 0 Å². The molecule has 0 saturated heterocycles. The average molecular weight is 326 g/mol. The van der Waals surface area contributed by atoms with Crippen molar-refractivity contribution in [2.24, 2.45) is 7.05 Å². The summed E-state index contributed by atoms with van der Waals surface area (Å²) in [5.74, 6) is 2.49. The molecule has 2 aromatic heterocycles. The molecule has 0 unspecified atom stereocenters. The van der Waals surface area contributed by atoms with Crippen LogP contribution < -0.4 is 5.32 Å². The Hall–Kier alpha value is -2.83. The fourth-order valence-corrected chi connectivity index (χ4v) is 2.40. The van der Waals surface area contributed by atoms with Crippen LogP contribution in [0.15, 0.2) is 36.4 Å². The second-order valence-corrected chi connectivity index (χ2v) is 5.85. The minimum Gasteiger partial charge on any atom is -0.361 e. The van der Waals surface area contributed by atoms with Gasteiger partial charge in [0.05, 0.1) is 12.2 Å². The van der Waals surface area contributed by atoms with Crippen molar-refractivity contribution in [2.45, 2.75) is 26.3 Å². The maximum Gasteiger partial charge on any atom is 0.152 e. The molecule has 0 amide bonds. The number of aromatic nitrogens is 5. The van der Waals surface area contributed by atoms with Gasteiger partial charge in [-0.1, -0.05) is 13.8 Å². The monoisotopic (exact) mass is 326 g/mol. The summed E-state index contributed by atoms with van der Waals surface area (Å²) in [7, 11) is 1.95. The first-order valence-corrected chi connectivity index (χ1v) is 7.76. The van der Waals surface area contributed by atoms with E-state index >= 15 is 0 Å². The van der Waals surface area contributed by atoms with E-state index < -0.39 is 0 Å². The van der Waals surface area contributed by atoms with Crippen LogP contribution in [0.3, 0.4) is 0 Å². The van der Waals surface area contributed by atoms with Crippen LogP contribution in [0.5, 0.6) is 0 Å². The van der Waals surface area contributed by atoms with Crippen LogP contribution in [0.2, 0.25) is 0 Å². The van der Waals surface area contributed by atoms with Gasteiger partial charge in [0, 0.05) is 18.5 Å². The van der Waals surface area contributed by atoms with Gasteiger partial charge in [-0.25, -0.2) is 4.39 Å². The van der Waals surface area contributed by atoms with Crippen LogP contribution in [0.4, 0.5) is 10.2 Å². The van der Waals surface area contributed by atoms with E-state index in [4.69, 9.17) is 0 Å². The van der Waals surface area contributed by atoms with Crippen LogP contribution in [-0.4, -0.2) is 25.0 Å². The smallest absolute Gasteiger partial charge is 0.152 e. The molecule has 0 saturated carbocycles. The quantitative estimate of drug-likeness (QED) is 0.780. The Morgan fingerprint density at radius 3 is 2.33 bits per heavy atom. The van der Waals surface area contributed by atoms with E-state index in [0.717, 1.165) is 17.2 Å². The summed E-state index contributed by atoms with van der Waals surface area (Å²) in [6, 6.07) is 9.86. The molecule has 1 N–H and O–H groups in total. The van der Waals surface area contributed by atoms with Gasteiger partial charge < -0.3 is 9.88 Å². The SMILES string of the molecule is CC(C)c1nnc(CNc2ccc(-c3ccc(F)cc3)nn2)n1C. The highest BCUT2D eigenvalue weighted by atomic mass is 19.1. The minimum atomic E-state index is -0.269. The third-order valence-corrected chi connectivity index (χ3v) is 3.75. The first-order valence-electron chi connectivity index (χ1n) is 7.76. The second-order valence-electron chi connectivity index (χ2n) is 5.85. The van der Waals surface area contributed by atoms with E-state index in [1.807, 2.05) is 23.7 Å². The first kappa shape index (κ1) is 16.0. The highest BCUT2D eigenvalue weighted by Crippen LogP contribution is 2.18. The Bertz CT molecular complexity index is 808. The topological polar surface area (TPSA) is 68.5 Å². The van der Waals surface area contributed by atoms with E-state index in [2.05, 4.69) is 39.6 Å². The number of benzene rings is 1. The van der Waals surface area contributed by atoms with Gasteiger partial charge in [0.1, 0.15) is 17.5 Å². The van der Waals surface area contributed by atoms with Crippen molar-refractivity contribution < 1.29 is 4.39 Å². The summed E-state index contributed by atoms with van der Waals surface area (Å²) >= 11 is 0. The molecule has 3 aromatic rings. The zero-order chi connectivity index (χ0) is 17.1. The van der Waals surface area contributed by atoms with Gasteiger partial charge in [-0.2, -0.15) is 0 Å². The maximum absolute atomic E-state index is 13.0. The molecule has 2 heterocycles. The molecule has 0 atom stereocenters. The minimum absolute atomic E-state index is 0.269. The maximum atomic E-state index is 13.0. The number of halogens is 1. The Labute approximate surface area is 139 Å². The van der Waals surface area contributed by atoms with Crippen molar-refractivity contribution >= 4 is 5.82 Å². The van der Waals surface area contributed by atoms with Gasteiger partial charge in [-0.15, -0.1) is 20.4 Å². The largest absolute Gasteiger partial charge is 0.361 e. The molecule has 0 aliphatic heterocycles. The molecule has 7 heteroatoms. The second kappa shape index (κ2) is 6.74. The zero-order valence-corrected chi connectivity index (χ0v) is 13.9. The molecule has 24 heavy (non-hydrogen) atoms. The molecule has 0 aliphatic carbocycles. The Balaban J connectivity index is 1.67. The van der Waals surface area contributed by atoms with E-state index in [1.165, 1.54) is 12.1 Å². The molecule has 0 bridgehead atoms. The fourth-order valence-electron chi connectivity index (χ4n) is 2.40. The number of nitrogens with one attached hydrogen (secondary N) is 1. The molecule has 0 spiro atoms. The molecular weight excluding hydrogens is 307 g/mol. The molecule has 3 rings (SSSR count). The van der Waals surface area contributed by atoms with Crippen LogP contribution in [-0.2, 0) is 13.6 Å². The average Bonchev–Trinajstić information content (AvgIpc) is 2.95. The van der Waals surface area contributed by atoms with E-state index in [0.29, 0.717) is 24.0 Å². The number of anilines is 1. The standard InChI is InChI=1S/C17H19FN6/c1-11(2)17-23-22-16(24(17)3)10-19-15-9-8-14(20-21-15)12-4-6-13(18)7-5-12/h4-9,11H,10H2,1-3H3,(H,19,21). The van der Waals surface area contributed by atoms with Crippen molar-refractivity contribution in [3.63, 3.8) is 0 Å². The number of hydrogen-bond donors (Lipinski definition) is 1. The Morgan fingerprint density at radius 2 is 1.75 bits per heavy atom. The fraction of sp³-hybridized carbons (Fsp3) is 0.294. The number of hydrogen-bond acceptors (Lipinski definition) is 5. The molecule has 0 radical (unpaired) electrons. The normalized spacial score (nSPS) is 11.0. The summed E-state index contributed by atoms with van der Waals surface area (Å²) in [4.78, 5) is 0. The van der Waals surface area contributed by atoms with Crippen molar-refractivity contribution in [1.82, 2.24) is 25.0 Å². The van der Waals surface area contributed by atoms with Gasteiger partial charge in [0.2, 0.25) is 0 Å². The molecule has 0 fully saturated rings. The molecule has 0 aliphatic rings. The lowest BCUT2D eigenvalue weighted by Gasteiger charge is -2.08. The predicted molar refractivity (Wildman–Crippen MR) is 89.8 cm³/mol. The summed E-state index contributed by atoms with van der Waals surface area (Å²) in [5.41, 5.74) is 1.52. The van der Waals surface area contributed by atoms with Gasteiger partial charge in [0.25, 0.3) is 0 Å². The lowest BCUT2D eigenvalue weighted by molar-refractivity contribution is 0.628. The van der Waals surface area contributed by atoms with Crippen molar-refractivity contribution in [3.8, 4) is 11.3 Å².